The number of hydrogen-bond acceptors (Lipinski definition) is 2. The fourth-order valence-corrected chi connectivity index (χ4v) is 0.278. The zero-order chi connectivity index (χ0) is 7.11. The fraction of sp³-hybridized carbons (Fsp3) is 0.500. The van der Waals surface area contributed by atoms with Gasteiger partial charge in [0.25, 0.3) is 0 Å². The highest BCUT2D eigenvalue weighted by Gasteiger charge is 1.76. The smallest absolute Gasteiger partial charge is 0.136 e. The third-order valence-corrected chi connectivity index (χ3v) is 0.615. The summed E-state index contributed by atoms with van der Waals surface area (Å²) in [6.07, 6.45) is 3.74. The highest BCUT2D eigenvalue weighted by molar-refractivity contribution is 5.76. The lowest BCUT2D eigenvalue weighted by Crippen LogP contribution is -2.05. The van der Waals surface area contributed by atoms with Crippen molar-refractivity contribution in [3.63, 3.8) is 0 Å². The second-order valence-electron chi connectivity index (χ2n) is 1.60. The number of oxime groups is 1. The Morgan fingerprint density at radius 3 is 2.89 bits per heavy atom. The quantitative estimate of drug-likeness (QED) is 0.201. The minimum atomic E-state index is 0.444. The van der Waals surface area contributed by atoms with Crippen molar-refractivity contribution in [2.45, 2.75) is 13.8 Å². The Kier molecular flexibility index (Phi) is 4.59. The molecule has 3 heteroatoms. The van der Waals surface area contributed by atoms with Gasteiger partial charge >= 0.3 is 0 Å². The molecule has 0 aliphatic heterocycles. The van der Waals surface area contributed by atoms with Crippen molar-refractivity contribution in [1.82, 2.24) is 0 Å². The summed E-state index contributed by atoms with van der Waals surface area (Å²) in [6.45, 7) is 4.09. The maximum absolute atomic E-state index is 5.18. The monoisotopic (exact) mass is 128 g/mol. The van der Waals surface area contributed by atoms with E-state index in [9.17, 15) is 0 Å². The Bertz CT molecular complexity index is 114. The zero-order valence-corrected chi connectivity index (χ0v) is 5.79. The third kappa shape index (κ3) is 7.01. The van der Waals surface area contributed by atoms with Crippen molar-refractivity contribution in [2.75, 3.05) is 6.61 Å². The lowest BCUT2D eigenvalue weighted by molar-refractivity contribution is 0.174. The number of rotatable bonds is 3. The summed E-state index contributed by atoms with van der Waals surface area (Å²) in [7, 11) is 0. The first-order valence-electron chi connectivity index (χ1n) is 2.80. The third-order valence-electron chi connectivity index (χ3n) is 0.615. The predicted octanol–water partition coefficient (Wildman–Crippen LogP) is 0.871. The van der Waals surface area contributed by atoms with Gasteiger partial charge in [0.1, 0.15) is 12.4 Å². The Hall–Kier alpha value is -0.990. The molecule has 0 spiro atoms. The van der Waals surface area contributed by atoms with Crippen molar-refractivity contribution in [2.24, 2.45) is 10.9 Å². The molecule has 0 saturated heterocycles. The molecule has 0 atom stereocenters. The van der Waals surface area contributed by atoms with E-state index in [2.05, 4.69) is 5.16 Å². The van der Waals surface area contributed by atoms with Crippen LogP contribution in [0.2, 0.25) is 0 Å². The fourth-order valence-electron chi connectivity index (χ4n) is 0.278. The van der Waals surface area contributed by atoms with Crippen LogP contribution in [0.15, 0.2) is 17.3 Å². The van der Waals surface area contributed by atoms with E-state index in [0.29, 0.717) is 12.4 Å². The van der Waals surface area contributed by atoms with Crippen LogP contribution in [0.3, 0.4) is 0 Å². The second-order valence-corrected chi connectivity index (χ2v) is 1.60. The lowest BCUT2D eigenvalue weighted by atomic mass is 10.6. The molecule has 0 fully saturated rings. The average Bonchev–Trinajstić information content (AvgIpc) is 1.80. The molecule has 0 heterocycles. The van der Waals surface area contributed by atoms with Crippen LogP contribution in [-0.4, -0.2) is 12.4 Å². The van der Waals surface area contributed by atoms with Crippen LogP contribution in [0, 0.1) is 0 Å². The van der Waals surface area contributed by atoms with Gasteiger partial charge < -0.3 is 10.6 Å². The molecule has 0 aromatic heterocycles. The van der Waals surface area contributed by atoms with Gasteiger partial charge in [-0.2, -0.15) is 0 Å². The minimum absolute atomic E-state index is 0.444. The number of amidine groups is 1. The van der Waals surface area contributed by atoms with Crippen LogP contribution < -0.4 is 5.73 Å². The van der Waals surface area contributed by atoms with Crippen molar-refractivity contribution in [3.05, 3.63) is 12.2 Å². The molecule has 0 saturated carbocycles. The maximum atomic E-state index is 5.18. The molecule has 0 aromatic carbocycles. The highest BCUT2D eigenvalue weighted by atomic mass is 16.6. The first-order valence-corrected chi connectivity index (χ1v) is 2.80. The van der Waals surface area contributed by atoms with Gasteiger partial charge in [0.15, 0.2) is 0 Å². The molecular formula is C6H12N2O. The van der Waals surface area contributed by atoms with Gasteiger partial charge in [-0.05, 0) is 19.9 Å². The molecule has 52 valence electrons. The minimum Gasteiger partial charge on any atom is -0.390 e. The van der Waals surface area contributed by atoms with E-state index in [-0.39, 0.29) is 0 Å². The molecule has 0 aromatic rings. The van der Waals surface area contributed by atoms with E-state index in [1.807, 2.05) is 19.1 Å². The van der Waals surface area contributed by atoms with Crippen molar-refractivity contribution < 1.29 is 4.84 Å². The van der Waals surface area contributed by atoms with Crippen LogP contribution in [0.25, 0.3) is 0 Å². The summed E-state index contributed by atoms with van der Waals surface area (Å²) in [5.74, 6) is 0.444. The summed E-state index contributed by atoms with van der Waals surface area (Å²) < 4.78 is 0. The topological polar surface area (TPSA) is 47.6 Å². The Morgan fingerprint density at radius 2 is 2.44 bits per heavy atom. The Morgan fingerprint density at radius 1 is 1.78 bits per heavy atom. The van der Waals surface area contributed by atoms with Crippen LogP contribution in [0.5, 0.6) is 0 Å². The molecule has 3 nitrogen and oxygen atoms in total. The van der Waals surface area contributed by atoms with Crippen molar-refractivity contribution in [1.29, 1.82) is 0 Å². The van der Waals surface area contributed by atoms with Gasteiger partial charge in [0.2, 0.25) is 0 Å². The lowest BCUT2D eigenvalue weighted by Gasteiger charge is -1.91. The average molecular weight is 128 g/mol. The first kappa shape index (κ1) is 8.01. The zero-order valence-electron chi connectivity index (χ0n) is 5.79. The van der Waals surface area contributed by atoms with Gasteiger partial charge in [-0.15, -0.1) is 0 Å². The Balaban J connectivity index is 3.20. The largest absolute Gasteiger partial charge is 0.390 e. The van der Waals surface area contributed by atoms with Gasteiger partial charge in [0.05, 0.1) is 0 Å². The number of nitrogens with two attached hydrogens (primary N) is 1. The number of hydrogen-bond donors (Lipinski definition) is 1. The summed E-state index contributed by atoms with van der Waals surface area (Å²) in [5.41, 5.74) is 5.18. The van der Waals surface area contributed by atoms with Crippen molar-refractivity contribution >= 4 is 5.84 Å². The molecular weight excluding hydrogens is 116 g/mol. The second kappa shape index (κ2) is 5.15. The molecule has 2 N–H and O–H groups in total. The summed E-state index contributed by atoms with van der Waals surface area (Å²) in [6, 6.07) is 0. The number of nitrogens with zero attached hydrogens (tertiary/aromatic N) is 1. The van der Waals surface area contributed by atoms with Crippen LogP contribution in [-0.2, 0) is 4.84 Å². The van der Waals surface area contributed by atoms with E-state index in [0.717, 1.165) is 0 Å². The van der Waals surface area contributed by atoms with Crippen molar-refractivity contribution in [3.8, 4) is 0 Å². The van der Waals surface area contributed by atoms with Crippen LogP contribution >= 0.6 is 0 Å². The van der Waals surface area contributed by atoms with E-state index < -0.39 is 0 Å². The first-order chi connectivity index (χ1) is 4.27. The predicted molar refractivity (Wildman–Crippen MR) is 38.1 cm³/mol. The summed E-state index contributed by atoms with van der Waals surface area (Å²) in [5, 5.41) is 3.51. The summed E-state index contributed by atoms with van der Waals surface area (Å²) >= 11 is 0. The molecule has 0 radical (unpaired) electrons. The van der Waals surface area contributed by atoms with E-state index >= 15 is 0 Å². The SMILES string of the molecule is CC=CCON=C(C)N. The van der Waals surface area contributed by atoms with Crippen LogP contribution in [0.1, 0.15) is 13.8 Å². The molecule has 9 heavy (non-hydrogen) atoms. The summed E-state index contributed by atoms with van der Waals surface area (Å²) in [4.78, 5) is 4.71. The van der Waals surface area contributed by atoms with E-state index in [1.165, 1.54) is 0 Å². The molecule has 0 unspecified atom stereocenters. The molecule has 0 rings (SSSR count). The Labute approximate surface area is 55.2 Å². The van der Waals surface area contributed by atoms with Gasteiger partial charge in [0, 0.05) is 0 Å². The maximum Gasteiger partial charge on any atom is 0.136 e. The van der Waals surface area contributed by atoms with Crippen LogP contribution in [0.4, 0.5) is 0 Å². The molecule has 0 aliphatic carbocycles. The van der Waals surface area contributed by atoms with Gasteiger partial charge in [-0.25, -0.2) is 0 Å². The standard InChI is InChI=1S/C6H12N2O/c1-3-4-5-9-8-6(2)7/h3-4H,5H2,1-2H3,(H2,7,8). The van der Waals surface area contributed by atoms with Gasteiger partial charge in [-0.1, -0.05) is 11.2 Å². The van der Waals surface area contributed by atoms with E-state index in [4.69, 9.17) is 10.6 Å². The van der Waals surface area contributed by atoms with E-state index in [1.54, 1.807) is 6.92 Å². The molecule has 0 amide bonds. The highest BCUT2D eigenvalue weighted by Crippen LogP contribution is 1.77. The molecule has 0 bridgehead atoms. The normalized spacial score (nSPS) is 12.4. The van der Waals surface area contributed by atoms with Gasteiger partial charge in [-0.3, -0.25) is 0 Å². The number of allylic oxidation sites excluding steroid dienone is 1. The molecule has 0 aliphatic rings.